The maximum atomic E-state index is 4.05. The fourth-order valence-electron chi connectivity index (χ4n) is 2.45. The van der Waals surface area contributed by atoms with Gasteiger partial charge in [0.2, 0.25) is 0 Å². The van der Waals surface area contributed by atoms with E-state index < -0.39 is 0 Å². The molecule has 3 aromatic rings. The van der Waals surface area contributed by atoms with Crippen molar-refractivity contribution in [2.24, 2.45) is 7.05 Å². The molecule has 0 unspecified atom stereocenters. The average molecular weight is 236 g/mol. The number of aromatic nitrogens is 2. The van der Waals surface area contributed by atoms with Crippen LogP contribution in [0.15, 0.2) is 55.0 Å². The van der Waals surface area contributed by atoms with Crippen molar-refractivity contribution >= 4 is 10.9 Å². The molecule has 0 saturated heterocycles. The first kappa shape index (κ1) is 11.0. The number of nitrogens with zero attached hydrogens (tertiary/aromatic N) is 2. The molecule has 0 N–H and O–H groups in total. The van der Waals surface area contributed by atoms with Gasteiger partial charge in [-0.3, -0.25) is 4.98 Å². The van der Waals surface area contributed by atoms with Gasteiger partial charge in [0.15, 0.2) is 0 Å². The number of hydrogen-bond donors (Lipinski definition) is 0. The second kappa shape index (κ2) is 4.65. The molecule has 0 saturated carbocycles. The number of benzene rings is 1. The van der Waals surface area contributed by atoms with E-state index in [-0.39, 0.29) is 0 Å². The Hall–Kier alpha value is -2.09. The van der Waals surface area contributed by atoms with E-state index in [1.54, 1.807) is 0 Å². The van der Waals surface area contributed by atoms with Crippen molar-refractivity contribution in [3.63, 3.8) is 0 Å². The lowest BCUT2D eigenvalue weighted by Gasteiger charge is -2.00. The lowest BCUT2D eigenvalue weighted by atomic mass is 10.0. The van der Waals surface area contributed by atoms with Gasteiger partial charge >= 0.3 is 0 Å². The van der Waals surface area contributed by atoms with Crippen LogP contribution in [0.2, 0.25) is 0 Å². The third kappa shape index (κ3) is 2.02. The number of pyridine rings is 1. The topological polar surface area (TPSA) is 17.8 Å². The summed E-state index contributed by atoms with van der Waals surface area (Å²) in [5.41, 5.74) is 4.07. The minimum absolute atomic E-state index is 1.07. The molecule has 2 heteroatoms. The summed E-state index contributed by atoms with van der Waals surface area (Å²) in [4.78, 5) is 4.05. The van der Waals surface area contributed by atoms with Crippen LogP contribution in [0.1, 0.15) is 11.1 Å². The Balaban J connectivity index is 1.87. The molecule has 0 atom stereocenters. The van der Waals surface area contributed by atoms with Crippen LogP contribution in [0.25, 0.3) is 10.9 Å². The fraction of sp³-hybridized carbons (Fsp3) is 0.188. The van der Waals surface area contributed by atoms with E-state index in [0.717, 1.165) is 12.8 Å². The highest BCUT2D eigenvalue weighted by molar-refractivity contribution is 5.83. The van der Waals surface area contributed by atoms with Gasteiger partial charge < -0.3 is 4.57 Å². The third-order valence-electron chi connectivity index (χ3n) is 3.41. The van der Waals surface area contributed by atoms with Crippen LogP contribution in [-0.2, 0) is 19.9 Å². The van der Waals surface area contributed by atoms with E-state index in [0.29, 0.717) is 0 Å². The summed E-state index contributed by atoms with van der Waals surface area (Å²) < 4.78 is 2.21. The first-order valence-electron chi connectivity index (χ1n) is 6.26. The maximum absolute atomic E-state index is 4.05. The van der Waals surface area contributed by atoms with Crippen molar-refractivity contribution in [3.8, 4) is 0 Å². The van der Waals surface area contributed by atoms with Crippen molar-refractivity contribution in [2.45, 2.75) is 12.8 Å². The number of fused-ring (bicyclic) bond motifs is 1. The van der Waals surface area contributed by atoms with Gasteiger partial charge in [-0.15, -0.1) is 0 Å². The lowest BCUT2D eigenvalue weighted by molar-refractivity contribution is 0.922. The average Bonchev–Trinajstić information content (AvgIpc) is 2.75. The first-order valence-corrected chi connectivity index (χ1v) is 6.26. The summed E-state index contributed by atoms with van der Waals surface area (Å²) in [6.07, 6.45) is 8.10. The maximum Gasteiger partial charge on any atom is 0.0480 e. The summed E-state index contributed by atoms with van der Waals surface area (Å²) in [5.74, 6) is 0. The number of aryl methyl sites for hydroxylation is 3. The monoisotopic (exact) mass is 236 g/mol. The quantitative estimate of drug-likeness (QED) is 0.682. The summed E-state index contributed by atoms with van der Waals surface area (Å²) in [6.45, 7) is 0. The zero-order valence-corrected chi connectivity index (χ0v) is 10.5. The summed E-state index contributed by atoms with van der Waals surface area (Å²) in [5, 5.41) is 1.37. The summed E-state index contributed by atoms with van der Waals surface area (Å²) in [7, 11) is 2.11. The minimum Gasteiger partial charge on any atom is -0.350 e. The molecule has 1 aromatic carbocycles. The highest BCUT2D eigenvalue weighted by Gasteiger charge is 2.05. The Kier molecular flexibility index (Phi) is 2.85. The predicted molar refractivity (Wildman–Crippen MR) is 74.6 cm³/mol. The molecule has 0 fully saturated rings. The van der Waals surface area contributed by atoms with E-state index in [4.69, 9.17) is 0 Å². The van der Waals surface area contributed by atoms with Gasteiger partial charge in [0.25, 0.3) is 0 Å². The summed E-state index contributed by atoms with van der Waals surface area (Å²) >= 11 is 0. The Morgan fingerprint density at radius 2 is 1.78 bits per heavy atom. The molecule has 2 heterocycles. The Bertz CT molecular complexity index is 653. The van der Waals surface area contributed by atoms with Gasteiger partial charge in [0.1, 0.15) is 0 Å². The van der Waals surface area contributed by atoms with Crippen LogP contribution in [0.3, 0.4) is 0 Å². The molecular formula is C16H16N2. The molecule has 0 aliphatic rings. The van der Waals surface area contributed by atoms with E-state index in [1.807, 2.05) is 12.4 Å². The number of para-hydroxylation sites is 1. The second-order valence-corrected chi connectivity index (χ2v) is 4.64. The SMILES string of the molecule is Cn1cc(CCc2ccncc2)c2ccccc21. The zero-order chi connectivity index (χ0) is 12.4. The van der Waals surface area contributed by atoms with Crippen LogP contribution in [-0.4, -0.2) is 9.55 Å². The van der Waals surface area contributed by atoms with Crippen molar-refractivity contribution in [3.05, 3.63) is 66.1 Å². The minimum atomic E-state index is 1.07. The number of hydrogen-bond acceptors (Lipinski definition) is 1. The molecule has 0 spiro atoms. The van der Waals surface area contributed by atoms with Gasteiger partial charge in [-0.2, -0.15) is 0 Å². The molecule has 0 amide bonds. The van der Waals surface area contributed by atoms with Crippen LogP contribution in [0.5, 0.6) is 0 Å². The predicted octanol–water partition coefficient (Wildman–Crippen LogP) is 3.36. The standard InChI is InChI=1S/C16H16N2/c1-18-12-14(15-4-2-3-5-16(15)18)7-6-13-8-10-17-11-9-13/h2-5,8-12H,6-7H2,1H3. The van der Waals surface area contributed by atoms with Crippen LogP contribution >= 0.6 is 0 Å². The summed E-state index contributed by atoms with van der Waals surface area (Å²) in [6, 6.07) is 12.8. The lowest BCUT2D eigenvalue weighted by Crippen LogP contribution is -1.90. The van der Waals surface area contributed by atoms with E-state index in [2.05, 4.69) is 59.2 Å². The van der Waals surface area contributed by atoms with Crippen molar-refractivity contribution < 1.29 is 0 Å². The Morgan fingerprint density at radius 3 is 2.61 bits per heavy atom. The molecule has 3 rings (SSSR count). The molecule has 0 bridgehead atoms. The molecule has 90 valence electrons. The number of rotatable bonds is 3. The first-order chi connectivity index (χ1) is 8.84. The van der Waals surface area contributed by atoms with Crippen LogP contribution in [0, 0.1) is 0 Å². The molecule has 0 aliphatic carbocycles. The largest absolute Gasteiger partial charge is 0.350 e. The second-order valence-electron chi connectivity index (χ2n) is 4.64. The van der Waals surface area contributed by atoms with Gasteiger partial charge in [-0.05, 0) is 42.2 Å². The third-order valence-corrected chi connectivity index (χ3v) is 3.41. The molecule has 2 nitrogen and oxygen atoms in total. The molecule has 2 aromatic heterocycles. The zero-order valence-electron chi connectivity index (χ0n) is 10.5. The van der Waals surface area contributed by atoms with E-state index in [9.17, 15) is 0 Å². The van der Waals surface area contributed by atoms with Crippen molar-refractivity contribution in [2.75, 3.05) is 0 Å². The van der Waals surface area contributed by atoms with Crippen molar-refractivity contribution in [1.29, 1.82) is 0 Å². The molecule has 18 heavy (non-hydrogen) atoms. The molecular weight excluding hydrogens is 220 g/mol. The molecule has 0 radical (unpaired) electrons. The fourth-order valence-corrected chi connectivity index (χ4v) is 2.45. The van der Waals surface area contributed by atoms with Crippen molar-refractivity contribution in [1.82, 2.24) is 9.55 Å². The van der Waals surface area contributed by atoms with E-state index >= 15 is 0 Å². The Morgan fingerprint density at radius 1 is 1.00 bits per heavy atom. The Labute approximate surface area is 107 Å². The van der Waals surface area contributed by atoms with Crippen LogP contribution in [0.4, 0.5) is 0 Å². The highest BCUT2D eigenvalue weighted by Crippen LogP contribution is 2.21. The van der Waals surface area contributed by atoms with Gasteiger partial charge in [0, 0.05) is 36.5 Å². The van der Waals surface area contributed by atoms with Gasteiger partial charge in [0.05, 0.1) is 0 Å². The van der Waals surface area contributed by atoms with E-state index in [1.165, 1.54) is 22.0 Å². The van der Waals surface area contributed by atoms with Crippen LogP contribution < -0.4 is 0 Å². The normalized spacial score (nSPS) is 10.9. The van der Waals surface area contributed by atoms with Gasteiger partial charge in [-0.1, -0.05) is 18.2 Å². The van der Waals surface area contributed by atoms with Gasteiger partial charge in [-0.25, -0.2) is 0 Å². The molecule has 0 aliphatic heterocycles. The highest BCUT2D eigenvalue weighted by atomic mass is 14.9. The smallest absolute Gasteiger partial charge is 0.0480 e.